The molecule has 1 heterocycles. The van der Waals surface area contributed by atoms with Gasteiger partial charge in [-0.2, -0.15) is 4.31 Å². The number of sulfonamides is 1. The van der Waals surface area contributed by atoms with Crippen molar-refractivity contribution >= 4 is 49.1 Å². The number of fused-ring (bicyclic) bond motifs is 1. The first-order valence-corrected chi connectivity index (χ1v) is 15.6. The van der Waals surface area contributed by atoms with Crippen LogP contribution in [0.2, 0.25) is 5.02 Å². The number of rotatable bonds is 7. The summed E-state index contributed by atoms with van der Waals surface area (Å²) in [6.07, 6.45) is 0. The van der Waals surface area contributed by atoms with Gasteiger partial charge < -0.3 is 4.90 Å². The average Bonchev–Trinajstić information content (AvgIpc) is 3.23. The topological polar surface area (TPSA) is 57.7 Å². The summed E-state index contributed by atoms with van der Waals surface area (Å²) >= 11 is 9.66. The molecule has 0 bridgehead atoms. The van der Waals surface area contributed by atoms with Crippen LogP contribution in [-0.2, 0) is 28.5 Å². The largest absolute Gasteiger partial charge is 0.306 e. The quantitative estimate of drug-likeness (QED) is 0.208. The molecule has 0 spiro atoms. The summed E-state index contributed by atoms with van der Waals surface area (Å²) in [6.45, 7) is 7.33. The summed E-state index contributed by atoms with van der Waals surface area (Å²) in [4.78, 5) is 15.7. The Balaban J connectivity index is 1.42. The zero-order valence-corrected chi connectivity index (χ0v) is 25.7. The van der Waals surface area contributed by atoms with E-state index in [2.05, 4.69) is 42.8 Å². The van der Waals surface area contributed by atoms with Crippen molar-refractivity contribution in [1.29, 1.82) is 0 Å². The Bertz CT molecular complexity index is 1660. The molecule has 0 aromatic heterocycles. The summed E-state index contributed by atoms with van der Waals surface area (Å²) in [5.41, 5.74) is 5.29. The lowest BCUT2D eigenvalue weighted by Gasteiger charge is -2.23. The van der Waals surface area contributed by atoms with Gasteiger partial charge in [-0.1, -0.05) is 74.0 Å². The fourth-order valence-electron chi connectivity index (χ4n) is 5.39. The molecule has 40 heavy (non-hydrogen) atoms. The van der Waals surface area contributed by atoms with Crippen LogP contribution in [0, 0.1) is 6.92 Å². The second-order valence-electron chi connectivity index (χ2n) is 10.8. The van der Waals surface area contributed by atoms with Crippen molar-refractivity contribution in [2.45, 2.75) is 44.2 Å². The summed E-state index contributed by atoms with van der Waals surface area (Å²) in [5, 5.41) is 0.472. The SMILES string of the molecule is Cc1ccc(Br)c2c1C(C)(C)CN2C(=O)c1ccc(CN(Cc2ccccc2)S(=O)(=O)c2ccc(Cl)cc2)cc1. The molecule has 8 heteroatoms. The van der Waals surface area contributed by atoms with Crippen molar-refractivity contribution < 1.29 is 13.2 Å². The Morgan fingerprint density at radius 1 is 0.900 bits per heavy atom. The zero-order valence-electron chi connectivity index (χ0n) is 22.6. The Kier molecular flexibility index (Phi) is 7.94. The van der Waals surface area contributed by atoms with Gasteiger partial charge in [0, 0.05) is 40.1 Å². The molecule has 5 nitrogen and oxygen atoms in total. The van der Waals surface area contributed by atoms with Crippen molar-refractivity contribution in [2.24, 2.45) is 0 Å². The molecule has 5 rings (SSSR count). The van der Waals surface area contributed by atoms with Gasteiger partial charge in [-0.15, -0.1) is 0 Å². The molecule has 0 saturated carbocycles. The summed E-state index contributed by atoms with van der Waals surface area (Å²) in [6, 6.07) is 27.0. The first-order valence-electron chi connectivity index (χ1n) is 13.0. The van der Waals surface area contributed by atoms with Gasteiger partial charge in [-0.05, 0) is 87.6 Å². The fraction of sp³-hybridized carbons (Fsp3) is 0.219. The number of halogens is 2. The first kappa shape index (κ1) is 28.6. The van der Waals surface area contributed by atoms with Crippen molar-refractivity contribution in [2.75, 3.05) is 11.4 Å². The maximum Gasteiger partial charge on any atom is 0.258 e. The lowest BCUT2D eigenvalue weighted by Crippen LogP contribution is -2.34. The van der Waals surface area contributed by atoms with E-state index in [0.29, 0.717) is 17.1 Å². The van der Waals surface area contributed by atoms with Crippen LogP contribution in [0.1, 0.15) is 46.5 Å². The van der Waals surface area contributed by atoms with Gasteiger partial charge in [-0.3, -0.25) is 4.79 Å². The highest BCUT2D eigenvalue weighted by Gasteiger charge is 2.40. The Morgan fingerprint density at radius 3 is 2.12 bits per heavy atom. The molecule has 0 aliphatic carbocycles. The Hall–Kier alpha value is -2.97. The minimum absolute atomic E-state index is 0.0837. The van der Waals surface area contributed by atoms with E-state index >= 15 is 0 Å². The zero-order chi connectivity index (χ0) is 28.7. The minimum atomic E-state index is -3.81. The van der Waals surface area contributed by atoms with Crippen LogP contribution in [0.25, 0.3) is 0 Å². The Labute approximate surface area is 249 Å². The molecular formula is C32H30BrClN2O3S. The number of anilines is 1. The second kappa shape index (κ2) is 11.1. The highest BCUT2D eigenvalue weighted by Crippen LogP contribution is 2.46. The summed E-state index contributed by atoms with van der Waals surface area (Å²) in [5.74, 6) is -0.0837. The molecular weight excluding hydrogens is 608 g/mol. The van der Waals surface area contributed by atoms with E-state index in [0.717, 1.165) is 26.9 Å². The lowest BCUT2D eigenvalue weighted by molar-refractivity contribution is 0.0985. The maximum atomic E-state index is 13.7. The first-order chi connectivity index (χ1) is 19.0. The van der Waals surface area contributed by atoms with Crippen LogP contribution >= 0.6 is 27.5 Å². The van der Waals surface area contributed by atoms with E-state index in [4.69, 9.17) is 11.6 Å². The van der Waals surface area contributed by atoms with Crippen molar-refractivity contribution in [3.05, 3.63) is 128 Å². The molecule has 0 N–H and O–H groups in total. The molecule has 1 aliphatic rings. The molecule has 1 aliphatic heterocycles. The van der Waals surface area contributed by atoms with Crippen molar-refractivity contribution in [3.8, 4) is 0 Å². The molecule has 0 fully saturated rings. The maximum absolute atomic E-state index is 13.7. The van der Waals surface area contributed by atoms with Crippen LogP contribution in [-0.4, -0.2) is 25.2 Å². The second-order valence-corrected chi connectivity index (χ2v) is 14.0. The third kappa shape index (κ3) is 5.61. The predicted octanol–water partition coefficient (Wildman–Crippen LogP) is 7.74. The molecule has 4 aromatic carbocycles. The normalized spacial score (nSPS) is 14.4. The molecule has 0 unspecified atom stereocenters. The van der Waals surface area contributed by atoms with E-state index in [-0.39, 0.29) is 29.3 Å². The van der Waals surface area contributed by atoms with E-state index in [1.807, 2.05) is 53.4 Å². The summed E-state index contributed by atoms with van der Waals surface area (Å²) < 4.78 is 29.7. The number of aryl methyl sites for hydroxylation is 1. The molecule has 0 radical (unpaired) electrons. The lowest BCUT2D eigenvalue weighted by atomic mass is 9.84. The number of nitrogens with zero attached hydrogens (tertiary/aromatic N) is 2. The van der Waals surface area contributed by atoms with Crippen LogP contribution in [0.3, 0.4) is 0 Å². The van der Waals surface area contributed by atoms with E-state index < -0.39 is 10.0 Å². The average molecular weight is 638 g/mol. The number of benzene rings is 4. The number of carbonyl (C=O) groups excluding carboxylic acids is 1. The molecule has 0 saturated heterocycles. The fourth-order valence-corrected chi connectivity index (χ4v) is 7.48. The third-order valence-electron chi connectivity index (χ3n) is 7.30. The number of hydrogen-bond donors (Lipinski definition) is 0. The molecule has 1 amide bonds. The highest BCUT2D eigenvalue weighted by atomic mass is 79.9. The van der Waals surface area contributed by atoms with Crippen LogP contribution in [0.4, 0.5) is 5.69 Å². The molecule has 0 atom stereocenters. The van der Waals surface area contributed by atoms with Crippen molar-refractivity contribution in [3.63, 3.8) is 0 Å². The summed E-state index contributed by atoms with van der Waals surface area (Å²) in [7, 11) is -3.81. The van der Waals surface area contributed by atoms with Gasteiger partial charge in [0.25, 0.3) is 5.91 Å². The third-order valence-corrected chi connectivity index (χ3v) is 9.99. The standard InChI is InChI=1S/C32H30BrClN2O3S/c1-22-9-18-28(33)30-29(22)32(2,3)21-36(30)31(37)25-12-10-24(11-13-25)20-35(19-23-7-5-4-6-8-23)40(38,39)27-16-14-26(34)15-17-27/h4-18H,19-21H2,1-3H3. The van der Waals surface area contributed by atoms with Gasteiger partial charge in [0.05, 0.1) is 10.6 Å². The van der Waals surface area contributed by atoms with Gasteiger partial charge in [0.1, 0.15) is 0 Å². The number of hydrogen-bond acceptors (Lipinski definition) is 3. The smallest absolute Gasteiger partial charge is 0.258 e. The minimum Gasteiger partial charge on any atom is -0.306 e. The Morgan fingerprint density at radius 2 is 1.50 bits per heavy atom. The predicted molar refractivity (Wildman–Crippen MR) is 164 cm³/mol. The number of carbonyl (C=O) groups is 1. The van der Waals surface area contributed by atoms with E-state index in [1.54, 1.807) is 24.3 Å². The van der Waals surface area contributed by atoms with E-state index in [1.165, 1.54) is 22.0 Å². The van der Waals surface area contributed by atoms with Gasteiger partial charge in [-0.25, -0.2) is 8.42 Å². The van der Waals surface area contributed by atoms with Crippen LogP contribution in [0.15, 0.2) is 100 Å². The van der Waals surface area contributed by atoms with Gasteiger partial charge in [0.15, 0.2) is 0 Å². The molecule has 4 aromatic rings. The highest BCUT2D eigenvalue weighted by molar-refractivity contribution is 9.10. The molecule has 206 valence electrons. The monoisotopic (exact) mass is 636 g/mol. The van der Waals surface area contributed by atoms with Gasteiger partial charge in [0.2, 0.25) is 10.0 Å². The van der Waals surface area contributed by atoms with Gasteiger partial charge >= 0.3 is 0 Å². The van der Waals surface area contributed by atoms with Crippen molar-refractivity contribution in [1.82, 2.24) is 4.31 Å². The van der Waals surface area contributed by atoms with Crippen LogP contribution < -0.4 is 4.90 Å². The van der Waals surface area contributed by atoms with E-state index in [9.17, 15) is 13.2 Å². The number of amides is 1. The van der Waals surface area contributed by atoms with Crippen LogP contribution in [0.5, 0.6) is 0 Å².